The summed E-state index contributed by atoms with van der Waals surface area (Å²) in [5.74, 6) is 2.73. The molecule has 1 aliphatic carbocycles. The van der Waals surface area contributed by atoms with Crippen molar-refractivity contribution in [3.63, 3.8) is 0 Å². The third-order valence-corrected chi connectivity index (χ3v) is 5.11. The summed E-state index contributed by atoms with van der Waals surface area (Å²) in [6.45, 7) is 5.65. The average molecular weight is 355 g/mol. The number of amides is 1. The summed E-state index contributed by atoms with van der Waals surface area (Å²) in [7, 11) is 0. The predicted molar refractivity (Wildman–Crippen MR) is 96.6 cm³/mol. The smallest absolute Gasteiger partial charge is 0.250 e. The Morgan fingerprint density at radius 3 is 2.77 bits per heavy atom. The first-order chi connectivity index (χ1) is 12.5. The Hall–Kier alpha value is -2.44. The summed E-state index contributed by atoms with van der Waals surface area (Å²) in [6, 6.07) is 4.87. The maximum atomic E-state index is 13.0. The van der Waals surface area contributed by atoms with Gasteiger partial charge in [0, 0.05) is 24.7 Å². The zero-order valence-electron chi connectivity index (χ0n) is 15.3. The van der Waals surface area contributed by atoms with Crippen LogP contribution in [0, 0.1) is 5.92 Å². The molecule has 1 saturated carbocycles. The van der Waals surface area contributed by atoms with Crippen molar-refractivity contribution < 1.29 is 4.79 Å². The van der Waals surface area contributed by atoms with Crippen LogP contribution in [0.2, 0.25) is 0 Å². The van der Waals surface area contributed by atoms with E-state index in [9.17, 15) is 9.59 Å². The quantitative estimate of drug-likeness (QED) is 0.822. The molecule has 2 aliphatic rings. The number of aromatic nitrogens is 4. The molecule has 0 saturated heterocycles. The first-order valence-corrected chi connectivity index (χ1v) is 9.42. The third-order valence-electron chi connectivity index (χ3n) is 5.11. The molecule has 0 unspecified atom stereocenters. The van der Waals surface area contributed by atoms with Crippen molar-refractivity contribution >= 4 is 5.91 Å². The normalized spacial score (nSPS) is 19.7. The van der Waals surface area contributed by atoms with E-state index in [4.69, 9.17) is 4.98 Å². The lowest BCUT2D eigenvalue weighted by molar-refractivity contribution is -0.136. The second kappa shape index (κ2) is 6.70. The molecule has 2 aromatic rings. The van der Waals surface area contributed by atoms with Crippen LogP contribution in [0.3, 0.4) is 0 Å². The zero-order chi connectivity index (χ0) is 18.3. The number of hydrogen-bond donors (Lipinski definition) is 0. The van der Waals surface area contributed by atoms with Crippen LogP contribution >= 0.6 is 0 Å². The molecule has 0 radical (unpaired) electrons. The first-order valence-electron chi connectivity index (χ1n) is 9.42. The molecule has 26 heavy (non-hydrogen) atoms. The highest BCUT2D eigenvalue weighted by Crippen LogP contribution is 2.40. The number of carbonyl (C=O) groups excluding carboxylic acids is 1. The van der Waals surface area contributed by atoms with Gasteiger partial charge in [-0.05, 0) is 31.2 Å². The molecular weight excluding hydrogens is 330 g/mol. The molecule has 1 atom stereocenters. The minimum Gasteiger partial charge on any atom is -0.329 e. The highest BCUT2D eigenvalue weighted by atomic mass is 16.2. The van der Waals surface area contributed by atoms with Gasteiger partial charge in [0.2, 0.25) is 5.91 Å². The van der Waals surface area contributed by atoms with E-state index in [1.54, 1.807) is 18.3 Å². The standard InChI is InChI=1S/C19H25N5O2/c1-13(2)11-15-19-20-18(14-6-7-14)21-24(19)10-9-23(15)17(26)12-22-8-4-3-5-16(22)25/h3-5,8,13-15H,6-7,9-12H2,1-2H3/t15-/m0/s1. The summed E-state index contributed by atoms with van der Waals surface area (Å²) in [5, 5.41) is 4.67. The summed E-state index contributed by atoms with van der Waals surface area (Å²) >= 11 is 0. The maximum Gasteiger partial charge on any atom is 0.250 e. The van der Waals surface area contributed by atoms with Gasteiger partial charge in [-0.2, -0.15) is 5.10 Å². The summed E-state index contributed by atoms with van der Waals surface area (Å²) in [4.78, 5) is 31.6. The van der Waals surface area contributed by atoms with E-state index in [-0.39, 0.29) is 24.1 Å². The van der Waals surface area contributed by atoms with Gasteiger partial charge in [0.05, 0.1) is 12.6 Å². The minimum atomic E-state index is -0.155. The van der Waals surface area contributed by atoms with Gasteiger partial charge in [0.25, 0.3) is 5.56 Å². The van der Waals surface area contributed by atoms with E-state index in [0.29, 0.717) is 24.9 Å². The third kappa shape index (κ3) is 3.30. The number of nitrogens with zero attached hydrogens (tertiary/aromatic N) is 5. The molecule has 2 aromatic heterocycles. The fourth-order valence-electron chi connectivity index (χ4n) is 3.60. The Balaban J connectivity index is 1.60. The van der Waals surface area contributed by atoms with Gasteiger partial charge >= 0.3 is 0 Å². The largest absolute Gasteiger partial charge is 0.329 e. The molecule has 7 heteroatoms. The molecule has 138 valence electrons. The Morgan fingerprint density at radius 2 is 2.08 bits per heavy atom. The SMILES string of the molecule is CC(C)C[C@H]1c2nc(C3CC3)nn2CCN1C(=O)Cn1ccccc1=O. The fourth-order valence-corrected chi connectivity index (χ4v) is 3.60. The van der Waals surface area contributed by atoms with Crippen LogP contribution in [-0.2, 0) is 17.9 Å². The minimum absolute atomic E-state index is 0.0360. The lowest BCUT2D eigenvalue weighted by atomic mass is 10.00. The van der Waals surface area contributed by atoms with E-state index < -0.39 is 0 Å². The lowest BCUT2D eigenvalue weighted by Crippen LogP contribution is -2.45. The van der Waals surface area contributed by atoms with Crippen molar-refractivity contribution in [2.75, 3.05) is 6.54 Å². The van der Waals surface area contributed by atoms with E-state index in [0.717, 1.165) is 30.9 Å². The van der Waals surface area contributed by atoms with Crippen LogP contribution in [0.25, 0.3) is 0 Å². The van der Waals surface area contributed by atoms with Gasteiger partial charge in [-0.3, -0.25) is 9.59 Å². The number of pyridine rings is 1. The average Bonchev–Trinajstić information content (AvgIpc) is 3.36. The van der Waals surface area contributed by atoms with Crippen molar-refractivity contribution in [1.82, 2.24) is 24.2 Å². The Labute approximate surface area is 152 Å². The highest BCUT2D eigenvalue weighted by molar-refractivity contribution is 5.76. The Bertz CT molecular complexity index is 865. The number of carbonyl (C=O) groups is 1. The zero-order valence-corrected chi connectivity index (χ0v) is 15.3. The van der Waals surface area contributed by atoms with Gasteiger partial charge < -0.3 is 9.47 Å². The summed E-state index contributed by atoms with van der Waals surface area (Å²) < 4.78 is 3.45. The summed E-state index contributed by atoms with van der Waals surface area (Å²) in [6.07, 6.45) is 4.84. The van der Waals surface area contributed by atoms with Crippen LogP contribution in [0.4, 0.5) is 0 Å². The van der Waals surface area contributed by atoms with Gasteiger partial charge in [0.15, 0.2) is 5.82 Å². The molecule has 0 spiro atoms. The van der Waals surface area contributed by atoms with Gasteiger partial charge in [-0.15, -0.1) is 0 Å². The van der Waals surface area contributed by atoms with Crippen molar-refractivity contribution in [2.45, 2.75) is 58.2 Å². The van der Waals surface area contributed by atoms with Gasteiger partial charge in [-0.25, -0.2) is 9.67 Å². The van der Waals surface area contributed by atoms with E-state index in [1.807, 2.05) is 9.58 Å². The topological polar surface area (TPSA) is 73.0 Å². The maximum absolute atomic E-state index is 13.0. The van der Waals surface area contributed by atoms with Crippen LogP contribution in [-0.4, -0.2) is 36.7 Å². The van der Waals surface area contributed by atoms with Crippen LogP contribution in [0.15, 0.2) is 29.2 Å². The second-order valence-corrected chi connectivity index (χ2v) is 7.72. The van der Waals surface area contributed by atoms with Crippen LogP contribution < -0.4 is 5.56 Å². The molecule has 0 bridgehead atoms. The number of fused-ring (bicyclic) bond motifs is 1. The first kappa shape index (κ1) is 17.0. The van der Waals surface area contributed by atoms with E-state index in [2.05, 4.69) is 18.9 Å². The molecule has 4 rings (SSSR count). The van der Waals surface area contributed by atoms with Crippen LogP contribution in [0.5, 0.6) is 0 Å². The molecule has 1 fully saturated rings. The van der Waals surface area contributed by atoms with Crippen molar-refractivity contribution in [1.29, 1.82) is 0 Å². The molecule has 1 amide bonds. The van der Waals surface area contributed by atoms with Gasteiger partial charge in [-0.1, -0.05) is 19.9 Å². The number of hydrogen-bond acceptors (Lipinski definition) is 4. The molecule has 7 nitrogen and oxygen atoms in total. The Morgan fingerprint density at radius 1 is 1.27 bits per heavy atom. The van der Waals surface area contributed by atoms with Crippen molar-refractivity contribution in [2.24, 2.45) is 5.92 Å². The van der Waals surface area contributed by atoms with Crippen LogP contribution in [0.1, 0.15) is 56.7 Å². The van der Waals surface area contributed by atoms with E-state index in [1.165, 1.54) is 10.6 Å². The molecular formula is C19H25N5O2. The number of rotatable bonds is 5. The monoisotopic (exact) mass is 355 g/mol. The van der Waals surface area contributed by atoms with E-state index >= 15 is 0 Å². The summed E-state index contributed by atoms with van der Waals surface area (Å²) in [5.41, 5.74) is -0.155. The molecule has 1 aliphatic heterocycles. The van der Waals surface area contributed by atoms with Crippen molar-refractivity contribution in [3.05, 3.63) is 46.4 Å². The predicted octanol–water partition coefficient (Wildman–Crippen LogP) is 1.95. The fraction of sp³-hybridized carbons (Fsp3) is 0.579. The molecule has 3 heterocycles. The van der Waals surface area contributed by atoms with Gasteiger partial charge in [0.1, 0.15) is 12.4 Å². The Kier molecular flexibility index (Phi) is 4.38. The van der Waals surface area contributed by atoms with Crippen molar-refractivity contribution in [3.8, 4) is 0 Å². The molecule has 0 N–H and O–H groups in total. The highest BCUT2D eigenvalue weighted by Gasteiger charge is 2.36. The second-order valence-electron chi connectivity index (χ2n) is 7.72. The molecule has 0 aromatic carbocycles. The lowest BCUT2D eigenvalue weighted by Gasteiger charge is -2.36.